The number of hydrogen-bond acceptors (Lipinski definition) is 4. The Kier molecular flexibility index (Phi) is 1.76. The van der Waals surface area contributed by atoms with E-state index in [0.717, 1.165) is 12.8 Å². The molecule has 0 saturated heterocycles. The number of hydrogen-bond donors (Lipinski definition) is 0. The lowest BCUT2D eigenvalue weighted by molar-refractivity contribution is 0.335. The standard InChI is InChI=1S/C8H8N2O2/c11-5-9-7-4-12-8(10-7)6-2-1-3-6/h4,6H,1-3H2. The van der Waals surface area contributed by atoms with Crippen LogP contribution in [0.5, 0.6) is 0 Å². The van der Waals surface area contributed by atoms with Crippen LogP contribution >= 0.6 is 0 Å². The van der Waals surface area contributed by atoms with E-state index in [1.807, 2.05) is 0 Å². The molecule has 4 heteroatoms. The van der Waals surface area contributed by atoms with Gasteiger partial charge in [0.25, 0.3) is 0 Å². The van der Waals surface area contributed by atoms with Crippen LogP contribution in [0.25, 0.3) is 0 Å². The molecular formula is C8H8N2O2. The van der Waals surface area contributed by atoms with E-state index in [1.165, 1.54) is 18.8 Å². The minimum absolute atomic E-state index is 0.326. The summed E-state index contributed by atoms with van der Waals surface area (Å²) >= 11 is 0. The second kappa shape index (κ2) is 2.91. The lowest BCUT2D eigenvalue weighted by atomic mass is 9.85. The van der Waals surface area contributed by atoms with Crippen molar-refractivity contribution in [1.82, 2.24) is 4.98 Å². The van der Waals surface area contributed by atoms with Crippen molar-refractivity contribution < 1.29 is 9.21 Å². The molecule has 0 aliphatic heterocycles. The molecule has 0 bridgehead atoms. The third kappa shape index (κ3) is 1.17. The molecule has 0 radical (unpaired) electrons. The van der Waals surface area contributed by atoms with Crippen molar-refractivity contribution in [2.75, 3.05) is 0 Å². The lowest BCUT2D eigenvalue weighted by Crippen LogP contribution is -2.08. The summed E-state index contributed by atoms with van der Waals surface area (Å²) in [6.45, 7) is 0. The molecule has 1 aliphatic rings. The van der Waals surface area contributed by atoms with Crippen molar-refractivity contribution in [3.63, 3.8) is 0 Å². The molecule has 0 N–H and O–H groups in total. The Bertz CT molecular complexity index is 322. The second-order valence-electron chi connectivity index (χ2n) is 2.87. The van der Waals surface area contributed by atoms with Crippen LogP contribution in [0.3, 0.4) is 0 Å². The Hall–Kier alpha value is -1.41. The average Bonchev–Trinajstić information content (AvgIpc) is 2.34. The van der Waals surface area contributed by atoms with Gasteiger partial charge in [-0.25, -0.2) is 4.79 Å². The normalized spacial score (nSPS) is 16.7. The van der Waals surface area contributed by atoms with Crippen molar-refractivity contribution >= 4 is 11.9 Å². The molecule has 0 atom stereocenters. The van der Waals surface area contributed by atoms with Gasteiger partial charge in [0.05, 0.1) is 0 Å². The Morgan fingerprint density at radius 1 is 1.67 bits per heavy atom. The summed E-state index contributed by atoms with van der Waals surface area (Å²) < 4.78 is 5.14. The molecule has 0 spiro atoms. The SMILES string of the molecule is O=C=Nc1coc(C2CCC2)n1. The first-order valence-corrected chi connectivity index (χ1v) is 3.93. The van der Waals surface area contributed by atoms with Gasteiger partial charge >= 0.3 is 0 Å². The van der Waals surface area contributed by atoms with E-state index < -0.39 is 0 Å². The number of aromatic nitrogens is 1. The van der Waals surface area contributed by atoms with Crippen LogP contribution in [0.1, 0.15) is 31.1 Å². The number of isocyanates is 1. The molecule has 2 rings (SSSR count). The topological polar surface area (TPSA) is 55.5 Å². The molecule has 4 nitrogen and oxygen atoms in total. The van der Waals surface area contributed by atoms with Gasteiger partial charge in [-0.3, -0.25) is 0 Å². The maximum atomic E-state index is 9.86. The smallest absolute Gasteiger partial charge is 0.242 e. The predicted molar refractivity (Wildman–Crippen MR) is 40.9 cm³/mol. The Morgan fingerprint density at radius 2 is 2.50 bits per heavy atom. The molecule has 1 heterocycles. The number of oxazole rings is 1. The highest BCUT2D eigenvalue weighted by Gasteiger charge is 2.24. The average molecular weight is 164 g/mol. The molecule has 62 valence electrons. The highest BCUT2D eigenvalue weighted by Crippen LogP contribution is 2.36. The largest absolute Gasteiger partial charge is 0.446 e. The van der Waals surface area contributed by atoms with Crippen LogP contribution in [0.15, 0.2) is 15.7 Å². The van der Waals surface area contributed by atoms with Gasteiger partial charge in [-0.05, 0) is 12.8 Å². The van der Waals surface area contributed by atoms with E-state index in [4.69, 9.17) is 4.42 Å². The summed E-state index contributed by atoms with van der Waals surface area (Å²) in [5.74, 6) is 1.47. The highest BCUT2D eigenvalue weighted by molar-refractivity contribution is 5.42. The minimum atomic E-state index is 0.326. The van der Waals surface area contributed by atoms with Crippen LogP contribution < -0.4 is 0 Å². The monoisotopic (exact) mass is 164 g/mol. The molecule has 1 aromatic rings. The van der Waals surface area contributed by atoms with Crippen molar-refractivity contribution in [2.45, 2.75) is 25.2 Å². The van der Waals surface area contributed by atoms with Gasteiger partial charge < -0.3 is 4.42 Å². The summed E-state index contributed by atoms with van der Waals surface area (Å²) in [7, 11) is 0. The summed E-state index contributed by atoms with van der Waals surface area (Å²) in [4.78, 5) is 17.2. The molecule has 0 amide bonds. The van der Waals surface area contributed by atoms with E-state index in [9.17, 15) is 4.79 Å². The van der Waals surface area contributed by atoms with Crippen LogP contribution in [0.2, 0.25) is 0 Å². The molecular weight excluding hydrogens is 156 g/mol. The number of aliphatic imine (C=N–C) groups is 1. The van der Waals surface area contributed by atoms with Crippen molar-refractivity contribution in [3.05, 3.63) is 12.2 Å². The van der Waals surface area contributed by atoms with E-state index in [1.54, 1.807) is 0 Å². The lowest BCUT2D eigenvalue weighted by Gasteiger charge is -2.21. The summed E-state index contributed by atoms with van der Waals surface area (Å²) in [6.07, 6.45) is 6.31. The quantitative estimate of drug-likeness (QED) is 0.495. The third-order valence-electron chi connectivity index (χ3n) is 2.12. The third-order valence-corrected chi connectivity index (χ3v) is 2.12. The van der Waals surface area contributed by atoms with Crippen molar-refractivity contribution in [2.24, 2.45) is 4.99 Å². The number of carbonyl (C=O) groups excluding carboxylic acids is 1. The minimum Gasteiger partial charge on any atom is -0.446 e. The van der Waals surface area contributed by atoms with E-state index in [2.05, 4.69) is 9.98 Å². The van der Waals surface area contributed by atoms with Gasteiger partial charge in [-0.1, -0.05) is 6.42 Å². The Balaban J connectivity index is 2.17. The first-order chi connectivity index (χ1) is 5.90. The van der Waals surface area contributed by atoms with Gasteiger partial charge in [0.2, 0.25) is 11.9 Å². The van der Waals surface area contributed by atoms with Gasteiger partial charge in [-0.15, -0.1) is 4.99 Å². The summed E-state index contributed by atoms with van der Waals surface area (Å²) in [5, 5.41) is 0. The van der Waals surface area contributed by atoms with Crippen molar-refractivity contribution in [3.8, 4) is 0 Å². The zero-order valence-electron chi connectivity index (χ0n) is 6.49. The molecule has 1 saturated carbocycles. The van der Waals surface area contributed by atoms with Crippen LogP contribution in [0.4, 0.5) is 5.82 Å². The fraction of sp³-hybridized carbons (Fsp3) is 0.500. The van der Waals surface area contributed by atoms with Crippen LogP contribution in [-0.4, -0.2) is 11.1 Å². The summed E-state index contributed by atoms with van der Waals surface area (Å²) in [6, 6.07) is 0. The van der Waals surface area contributed by atoms with Gasteiger partial charge in [-0.2, -0.15) is 4.98 Å². The van der Waals surface area contributed by atoms with Crippen LogP contribution in [0, 0.1) is 0 Å². The maximum absolute atomic E-state index is 9.86. The Labute approximate surface area is 69.3 Å². The fourth-order valence-corrected chi connectivity index (χ4v) is 1.22. The predicted octanol–water partition coefficient (Wildman–Crippen LogP) is 1.91. The Morgan fingerprint density at radius 3 is 3.08 bits per heavy atom. The number of nitrogens with zero attached hydrogens (tertiary/aromatic N) is 2. The fourth-order valence-electron chi connectivity index (χ4n) is 1.22. The molecule has 1 aliphatic carbocycles. The van der Waals surface area contributed by atoms with Gasteiger partial charge in [0.15, 0.2) is 5.89 Å². The van der Waals surface area contributed by atoms with Crippen LogP contribution in [-0.2, 0) is 4.79 Å². The summed E-state index contributed by atoms with van der Waals surface area (Å²) in [5.41, 5.74) is 0. The first-order valence-electron chi connectivity index (χ1n) is 3.93. The van der Waals surface area contributed by atoms with Gasteiger partial charge in [0, 0.05) is 5.92 Å². The zero-order chi connectivity index (χ0) is 8.39. The zero-order valence-corrected chi connectivity index (χ0v) is 6.49. The molecule has 12 heavy (non-hydrogen) atoms. The second-order valence-corrected chi connectivity index (χ2v) is 2.87. The molecule has 1 aromatic heterocycles. The molecule has 1 fully saturated rings. The molecule has 0 unspecified atom stereocenters. The van der Waals surface area contributed by atoms with Crippen molar-refractivity contribution in [1.29, 1.82) is 0 Å². The maximum Gasteiger partial charge on any atom is 0.242 e. The van der Waals surface area contributed by atoms with E-state index in [-0.39, 0.29) is 0 Å². The van der Waals surface area contributed by atoms with E-state index >= 15 is 0 Å². The van der Waals surface area contributed by atoms with E-state index in [0.29, 0.717) is 17.6 Å². The highest BCUT2D eigenvalue weighted by atomic mass is 16.3. The molecule has 0 aromatic carbocycles. The first kappa shape index (κ1) is 7.25. The van der Waals surface area contributed by atoms with Gasteiger partial charge in [0.1, 0.15) is 6.26 Å². The number of rotatable bonds is 2.